The van der Waals surface area contributed by atoms with E-state index in [0.717, 1.165) is 6.29 Å². The second-order valence-corrected chi connectivity index (χ2v) is 3.23. The van der Waals surface area contributed by atoms with Gasteiger partial charge >= 0.3 is 0 Å². The molecule has 0 aromatic rings. The molecule has 0 aromatic carbocycles. The first kappa shape index (κ1) is 8.13. The summed E-state index contributed by atoms with van der Waals surface area (Å²) in [5, 5.41) is 2.83. The van der Waals surface area contributed by atoms with Crippen molar-refractivity contribution in [1.29, 1.82) is 0 Å². The van der Waals surface area contributed by atoms with E-state index in [2.05, 4.69) is 14.1 Å². The van der Waals surface area contributed by atoms with Gasteiger partial charge < -0.3 is 5.32 Å². The molecule has 1 rings (SSSR count). The van der Waals surface area contributed by atoms with Crippen LogP contribution in [-0.4, -0.2) is 25.4 Å². The number of aldehydes is 1. The molecular weight excluding hydrogens is 162 g/mol. The van der Waals surface area contributed by atoms with Crippen molar-refractivity contribution in [3.05, 3.63) is 11.8 Å². The van der Waals surface area contributed by atoms with Crippen molar-refractivity contribution < 1.29 is 4.79 Å². The Morgan fingerprint density at radius 3 is 3.00 bits per heavy atom. The molecule has 1 aliphatic heterocycles. The fourth-order valence-corrected chi connectivity index (χ4v) is 1.45. The standard InChI is InChI=1S/C6H9N3OS/c1-7-6-5(4-10)3-8-11(2)9-6/h3-4H,1-2H3,(H,7,8,9). The molecule has 4 nitrogen and oxygen atoms in total. The number of nitrogens with one attached hydrogen (secondary N) is 1. The van der Waals surface area contributed by atoms with Gasteiger partial charge in [-0.3, -0.25) is 4.79 Å². The molecule has 0 aromatic heterocycles. The first-order valence-corrected chi connectivity index (χ1v) is 4.62. The topological polar surface area (TPSA) is 53.8 Å². The minimum absolute atomic E-state index is 0.327. The lowest BCUT2D eigenvalue weighted by Crippen LogP contribution is -2.23. The highest BCUT2D eigenvalue weighted by Gasteiger charge is 2.07. The van der Waals surface area contributed by atoms with Crippen LogP contribution in [0.15, 0.2) is 20.5 Å². The van der Waals surface area contributed by atoms with Crippen LogP contribution >= 0.6 is 0 Å². The maximum atomic E-state index is 10.4. The van der Waals surface area contributed by atoms with Gasteiger partial charge in [0.25, 0.3) is 0 Å². The number of amidine groups is 1. The Hall–Kier alpha value is -0.970. The lowest BCUT2D eigenvalue weighted by molar-refractivity contribution is -0.104. The van der Waals surface area contributed by atoms with Crippen molar-refractivity contribution in [2.45, 2.75) is 0 Å². The van der Waals surface area contributed by atoms with Crippen LogP contribution in [0.1, 0.15) is 0 Å². The summed E-state index contributed by atoms with van der Waals surface area (Å²) >= 11 is 0. The van der Waals surface area contributed by atoms with Crippen LogP contribution in [0.3, 0.4) is 0 Å². The second-order valence-electron chi connectivity index (χ2n) is 1.94. The van der Waals surface area contributed by atoms with Crippen molar-refractivity contribution in [3.8, 4) is 0 Å². The third-order valence-electron chi connectivity index (χ3n) is 1.20. The quantitative estimate of drug-likeness (QED) is 0.567. The molecule has 1 unspecified atom stereocenters. The fraction of sp³-hybridized carbons (Fsp3) is 0.333. The zero-order valence-corrected chi connectivity index (χ0v) is 7.18. The molecule has 0 radical (unpaired) electrons. The van der Waals surface area contributed by atoms with Crippen LogP contribution in [0.4, 0.5) is 0 Å². The number of rotatable bonds is 1. The molecule has 0 bridgehead atoms. The van der Waals surface area contributed by atoms with Crippen molar-refractivity contribution in [3.63, 3.8) is 0 Å². The van der Waals surface area contributed by atoms with Crippen molar-refractivity contribution in [1.82, 2.24) is 5.32 Å². The third kappa shape index (κ3) is 1.74. The molecule has 1 heterocycles. The Balaban J connectivity index is 2.99. The molecule has 60 valence electrons. The zero-order chi connectivity index (χ0) is 8.27. The van der Waals surface area contributed by atoms with E-state index in [1.807, 2.05) is 6.26 Å². The van der Waals surface area contributed by atoms with Crippen LogP contribution < -0.4 is 5.32 Å². The Morgan fingerprint density at radius 2 is 2.45 bits per heavy atom. The van der Waals surface area contributed by atoms with Gasteiger partial charge in [-0.05, 0) is 0 Å². The average molecular weight is 171 g/mol. The molecule has 1 aliphatic rings. The van der Waals surface area contributed by atoms with Crippen LogP contribution in [0.25, 0.3) is 0 Å². The highest BCUT2D eigenvalue weighted by atomic mass is 32.2. The van der Waals surface area contributed by atoms with Gasteiger partial charge in [0.2, 0.25) is 0 Å². The summed E-state index contributed by atoms with van der Waals surface area (Å²) in [7, 11) is 1.41. The van der Waals surface area contributed by atoms with Crippen LogP contribution in [0.5, 0.6) is 0 Å². The van der Waals surface area contributed by atoms with E-state index < -0.39 is 0 Å². The van der Waals surface area contributed by atoms with Gasteiger partial charge in [-0.2, -0.15) is 4.40 Å². The molecule has 0 fully saturated rings. The maximum Gasteiger partial charge on any atom is 0.155 e. The first-order valence-electron chi connectivity index (χ1n) is 3.07. The normalized spacial score (nSPS) is 22.9. The third-order valence-corrected chi connectivity index (χ3v) is 2.06. The van der Waals surface area contributed by atoms with E-state index in [1.54, 1.807) is 13.2 Å². The highest BCUT2D eigenvalue weighted by molar-refractivity contribution is 7.85. The molecule has 5 heteroatoms. The minimum Gasteiger partial charge on any atom is -0.372 e. The molecule has 1 atom stereocenters. The monoisotopic (exact) mass is 171 g/mol. The SMILES string of the molecule is CNC1=NS(C)=NC=C1C=O. The highest BCUT2D eigenvalue weighted by Crippen LogP contribution is 2.02. The summed E-state index contributed by atoms with van der Waals surface area (Å²) in [6.45, 7) is 0. The van der Waals surface area contributed by atoms with Crippen molar-refractivity contribution in [2.75, 3.05) is 13.3 Å². The molecule has 11 heavy (non-hydrogen) atoms. The van der Waals surface area contributed by atoms with E-state index in [9.17, 15) is 4.79 Å². The number of hydrogen-bond acceptors (Lipinski definition) is 4. The first-order chi connectivity index (χ1) is 5.27. The van der Waals surface area contributed by atoms with E-state index in [-0.39, 0.29) is 10.9 Å². The molecule has 0 saturated heterocycles. The minimum atomic E-state index is -0.327. The van der Waals surface area contributed by atoms with E-state index in [1.165, 1.54) is 0 Å². The zero-order valence-electron chi connectivity index (χ0n) is 6.37. The van der Waals surface area contributed by atoms with Crippen LogP contribution in [-0.2, 0) is 15.7 Å². The van der Waals surface area contributed by atoms with Crippen LogP contribution in [0, 0.1) is 0 Å². The lowest BCUT2D eigenvalue weighted by Gasteiger charge is -2.07. The number of hydrogen-bond donors (Lipinski definition) is 1. The summed E-state index contributed by atoms with van der Waals surface area (Å²) in [4.78, 5) is 10.4. The summed E-state index contributed by atoms with van der Waals surface area (Å²) in [5.74, 6) is 0.626. The predicted octanol–water partition coefficient (Wildman–Crippen LogP) is 0.0474. The largest absolute Gasteiger partial charge is 0.372 e. The van der Waals surface area contributed by atoms with Gasteiger partial charge in [-0.15, -0.1) is 0 Å². The number of carbonyl (C=O) groups excluding carboxylic acids is 1. The Morgan fingerprint density at radius 1 is 1.73 bits per heavy atom. The van der Waals surface area contributed by atoms with E-state index >= 15 is 0 Å². The summed E-state index contributed by atoms with van der Waals surface area (Å²) in [6, 6.07) is 0. The maximum absolute atomic E-state index is 10.4. The Labute approximate surface area is 67.6 Å². The summed E-state index contributed by atoms with van der Waals surface area (Å²) in [6.07, 6.45) is 4.18. The summed E-state index contributed by atoms with van der Waals surface area (Å²) < 4.78 is 8.11. The number of nitrogens with zero attached hydrogens (tertiary/aromatic N) is 2. The molecule has 0 amide bonds. The molecule has 0 saturated carbocycles. The molecular formula is C6H9N3OS. The van der Waals surface area contributed by atoms with Crippen molar-refractivity contribution >= 4 is 23.0 Å². The van der Waals surface area contributed by atoms with Gasteiger partial charge in [0, 0.05) is 24.2 Å². The van der Waals surface area contributed by atoms with Gasteiger partial charge in [0.15, 0.2) is 6.29 Å². The number of carbonyl (C=O) groups is 1. The summed E-state index contributed by atoms with van der Waals surface area (Å²) in [5.41, 5.74) is 0.512. The Kier molecular flexibility index (Phi) is 2.53. The average Bonchev–Trinajstić information content (AvgIpc) is 2.04. The van der Waals surface area contributed by atoms with E-state index in [4.69, 9.17) is 0 Å². The lowest BCUT2D eigenvalue weighted by atomic mass is 10.3. The fourth-order valence-electron chi connectivity index (χ4n) is 0.679. The predicted molar refractivity (Wildman–Crippen MR) is 46.4 cm³/mol. The van der Waals surface area contributed by atoms with Gasteiger partial charge in [-0.1, -0.05) is 0 Å². The number of likely N-dealkylation sites (N-methyl/N-ethyl adjacent to an activating group) is 1. The molecule has 0 spiro atoms. The van der Waals surface area contributed by atoms with Crippen molar-refractivity contribution in [2.24, 2.45) is 8.76 Å². The second kappa shape index (κ2) is 3.43. The Bertz CT molecular complexity index is 267. The van der Waals surface area contributed by atoms with Gasteiger partial charge in [0.05, 0.1) is 11.8 Å². The van der Waals surface area contributed by atoms with Gasteiger partial charge in [-0.25, -0.2) is 4.36 Å². The smallest absolute Gasteiger partial charge is 0.155 e. The van der Waals surface area contributed by atoms with Crippen LogP contribution in [0.2, 0.25) is 0 Å². The van der Waals surface area contributed by atoms with E-state index in [0.29, 0.717) is 11.4 Å². The van der Waals surface area contributed by atoms with Gasteiger partial charge in [0.1, 0.15) is 5.84 Å². The molecule has 0 aliphatic carbocycles. The molecule has 1 N–H and O–H groups in total.